The van der Waals surface area contributed by atoms with Gasteiger partial charge in [0.15, 0.2) is 0 Å². The SMILES string of the molecule is Nc1ccc(Cl)cc1SC1CCC(N)CC1. The molecule has 0 radical (unpaired) electrons. The molecule has 1 saturated carbocycles. The maximum atomic E-state index is 5.97. The number of benzene rings is 1. The highest BCUT2D eigenvalue weighted by Gasteiger charge is 2.20. The molecule has 1 aromatic rings. The smallest absolute Gasteiger partial charge is 0.0453 e. The summed E-state index contributed by atoms with van der Waals surface area (Å²) in [4.78, 5) is 1.10. The Morgan fingerprint density at radius 2 is 1.88 bits per heavy atom. The van der Waals surface area contributed by atoms with E-state index in [1.54, 1.807) is 0 Å². The van der Waals surface area contributed by atoms with E-state index in [1.807, 2.05) is 30.0 Å². The Labute approximate surface area is 106 Å². The molecule has 0 unspecified atom stereocenters. The van der Waals surface area contributed by atoms with E-state index in [0.717, 1.165) is 28.4 Å². The first-order valence-corrected chi connectivity index (χ1v) is 6.88. The monoisotopic (exact) mass is 256 g/mol. The molecule has 1 aliphatic carbocycles. The summed E-state index contributed by atoms with van der Waals surface area (Å²) >= 11 is 7.81. The van der Waals surface area contributed by atoms with Crippen molar-refractivity contribution in [1.29, 1.82) is 0 Å². The molecule has 0 heterocycles. The number of nitrogen functional groups attached to an aromatic ring is 1. The molecular formula is C12H17ClN2S. The average molecular weight is 257 g/mol. The van der Waals surface area contributed by atoms with Crippen molar-refractivity contribution in [3.05, 3.63) is 23.2 Å². The number of rotatable bonds is 2. The van der Waals surface area contributed by atoms with Crippen LogP contribution in [0.25, 0.3) is 0 Å². The lowest BCUT2D eigenvalue weighted by Crippen LogP contribution is -2.27. The summed E-state index contributed by atoms with van der Waals surface area (Å²) in [5.74, 6) is 0. The van der Waals surface area contributed by atoms with E-state index in [4.69, 9.17) is 23.1 Å². The standard InChI is InChI=1S/C12H17ClN2S/c13-8-1-6-11(15)12(7-8)16-10-4-2-9(14)3-5-10/h1,6-7,9-10H,2-5,14-15H2. The highest BCUT2D eigenvalue weighted by Crippen LogP contribution is 2.37. The van der Waals surface area contributed by atoms with Gasteiger partial charge in [-0.1, -0.05) is 11.6 Å². The lowest BCUT2D eigenvalue weighted by molar-refractivity contribution is 0.451. The molecule has 0 aromatic heterocycles. The summed E-state index contributed by atoms with van der Waals surface area (Å²) < 4.78 is 0. The van der Waals surface area contributed by atoms with Crippen LogP contribution in [0.5, 0.6) is 0 Å². The lowest BCUT2D eigenvalue weighted by Gasteiger charge is -2.25. The van der Waals surface area contributed by atoms with E-state index < -0.39 is 0 Å². The third kappa shape index (κ3) is 3.06. The molecule has 2 rings (SSSR count). The first-order valence-electron chi connectivity index (χ1n) is 5.62. The van der Waals surface area contributed by atoms with Crippen LogP contribution in [0.3, 0.4) is 0 Å². The van der Waals surface area contributed by atoms with Crippen LogP contribution in [0.4, 0.5) is 5.69 Å². The molecule has 0 saturated heterocycles. The van der Waals surface area contributed by atoms with Gasteiger partial charge in [0, 0.05) is 26.9 Å². The highest BCUT2D eigenvalue weighted by molar-refractivity contribution is 8.00. The van der Waals surface area contributed by atoms with Crippen molar-refractivity contribution in [1.82, 2.24) is 0 Å². The van der Waals surface area contributed by atoms with Crippen LogP contribution in [0.15, 0.2) is 23.1 Å². The quantitative estimate of drug-likeness (QED) is 0.799. The van der Waals surface area contributed by atoms with Crippen molar-refractivity contribution in [2.75, 3.05) is 5.73 Å². The van der Waals surface area contributed by atoms with E-state index in [0.29, 0.717) is 11.3 Å². The van der Waals surface area contributed by atoms with Crippen LogP contribution >= 0.6 is 23.4 Å². The van der Waals surface area contributed by atoms with Gasteiger partial charge in [0.2, 0.25) is 0 Å². The summed E-state index contributed by atoms with van der Waals surface area (Å²) in [6.45, 7) is 0. The van der Waals surface area contributed by atoms with Gasteiger partial charge in [0.05, 0.1) is 0 Å². The Kier molecular flexibility index (Phi) is 4.00. The second kappa shape index (κ2) is 5.30. The molecule has 1 fully saturated rings. The second-order valence-corrected chi connectivity index (χ2v) is 6.12. The van der Waals surface area contributed by atoms with Crippen LogP contribution in [0.1, 0.15) is 25.7 Å². The molecule has 0 spiro atoms. The molecule has 0 amide bonds. The Morgan fingerprint density at radius 3 is 2.56 bits per heavy atom. The zero-order valence-corrected chi connectivity index (χ0v) is 10.7. The van der Waals surface area contributed by atoms with Gasteiger partial charge in [-0.25, -0.2) is 0 Å². The van der Waals surface area contributed by atoms with Crippen molar-refractivity contribution >= 4 is 29.1 Å². The Morgan fingerprint density at radius 1 is 1.19 bits per heavy atom. The van der Waals surface area contributed by atoms with Gasteiger partial charge >= 0.3 is 0 Å². The van der Waals surface area contributed by atoms with Crippen LogP contribution < -0.4 is 11.5 Å². The summed E-state index contributed by atoms with van der Waals surface area (Å²) in [6, 6.07) is 6.06. The van der Waals surface area contributed by atoms with Gasteiger partial charge in [-0.2, -0.15) is 0 Å². The number of halogens is 1. The first-order chi connectivity index (χ1) is 7.65. The number of hydrogen-bond donors (Lipinski definition) is 2. The van der Waals surface area contributed by atoms with Crippen LogP contribution in [0, 0.1) is 0 Å². The molecule has 4 heteroatoms. The van der Waals surface area contributed by atoms with Gasteiger partial charge in [0.1, 0.15) is 0 Å². The minimum Gasteiger partial charge on any atom is -0.398 e. The third-order valence-electron chi connectivity index (χ3n) is 2.99. The number of thioether (sulfide) groups is 1. The zero-order chi connectivity index (χ0) is 11.5. The average Bonchev–Trinajstić information content (AvgIpc) is 2.27. The van der Waals surface area contributed by atoms with Crippen molar-refractivity contribution in [2.24, 2.45) is 5.73 Å². The minimum absolute atomic E-state index is 0.397. The summed E-state index contributed by atoms with van der Waals surface area (Å²) in [7, 11) is 0. The van der Waals surface area contributed by atoms with E-state index in [2.05, 4.69) is 0 Å². The van der Waals surface area contributed by atoms with E-state index in [1.165, 1.54) is 12.8 Å². The molecular weight excluding hydrogens is 240 g/mol. The lowest BCUT2D eigenvalue weighted by atomic mass is 9.96. The maximum absolute atomic E-state index is 5.97. The third-order valence-corrected chi connectivity index (χ3v) is 4.64. The zero-order valence-electron chi connectivity index (χ0n) is 9.16. The van der Waals surface area contributed by atoms with Crippen LogP contribution in [-0.4, -0.2) is 11.3 Å². The van der Waals surface area contributed by atoms with Crippen molar-refractivity contribution in [2.45, 2.75) is 41.9 Å². The fraction of sp³-hybridized carbons (Fsp3) is 0.500. The van der Waals surface area contributed by atoms with E-state index in [9.17, 15) is 0 Å². The van der Waals surface area contributed by atoms with Crippen LogP contribution in [-0.2, 0) is 0 Å². The van der Waals surface area contributed by atoms with E-state index in [-0.39, 0.29) is 0 Å². The minimum atomic E-state index is 0.397. The first kappa shape index (κ1) is 12.1. The number of nitrogens with two attached hydrogens (primary N) is 2. The number of hydrogen-bond acceptors (Lipinski definition) is 3. The van der Waals surface area contributed by atoms with Gasteiger partial charge in [-0.3, -0.25) is 0 Å². The van der Waals surface area contributed by atoms with Gasteiger partial charge in [-0.15, -0.1) is 11.8 Å². The molecule has 0 atom stereocenters. The summed E-state index contributed by atoms with van der Waals surface area (Å²) in [6.07, 6.45) is 4.60. The maximum Gasteiger partial charge on any atom is 0.0453 e. The largest absolute Gasteiger partial charge is 0.398 e. The molecule has 4 N–H and O–H groups in total. The Hall–Kier alpha value is -0.380. The van der Waals surface area contributed by atoms with Crippen molar-refractivity contribution in [3.63, 3.8) is 0 Å². The van der Waals surface area contributed by atoms with Gasteiger partial charge in [-0.05, 0) is 43.9 Å². The molecule has 16 heavy (non-hydrogen) atoms. The summed E-state index contributed by atoms with van der Waals surface area (Å²) in [5.41, 5.74) is 12.6. The normalized spacial score (nSPS) is 25.6. The molecule has 1 aromatic carbocycles. The fourth-order valence-electron chi connectivity index (χ4n) is 2.00. The predicted octanol–water partition coefficient (Wildman–Crippen LogP) is 3.28. The van der Waals surface area contributed by atoms with Crippen LogP contribution in [0.2, 0.25) is 5.02 Å². The van der Waals surface area contributed by atoms with Gasteiger partial charge in [0.25, 0.3) is 0 Å². The van der Waals surface area contributed by atoms with Gasteiger partial charge < -0.3 is 11.5 Å². The number of anilines is 1. The predicted molar refractivity (Wildman–Crippen MR) is 72.0 cm³/mol. The summed E-state index contributed by atoms with van der Waals surface area (Å²) in [5, 5.41) is 1.39. The molecule has 0 bridgehead atoms. The molecule has 2 nitrogen and oxygen atoms in total. The Balaban J connectivity index is 2.00. The van der Waals surface area contributed by atoms with Crippen molar-refractivity contribution in [3.8, 4) is 0 Å². The highest BCUT2D eigenvalue weighted by atomic mass is 35.5. The Bertz CT molecular complexity index is 362. The second-order valence-electron chi connectivity index (χ2n) is 4.34. The molecule has 88 valence electrons. The fourth-order valence-corrected chi connectivity index (χ4v) is 3.50. The topological polar surface area (TPSA) is 52.0 Å². The molecule has 0 aliphatic heterocycles. The molecule has 1 aliphatic rings. The van der Waals surface area contributed by atoms with Crippen molar-refractivity contribution < 1.29 is 0 Å². The van der Waals surface area contributed by atoms with E-state index >= 15 is 0 Å².